The van der Waals surface area contributed by atoms with Gasteiger partial charge in [0.05, 0.1) is 5.39 Å². The molecule has 29 heavy (non-hydrogen) atoms. The molecule has 0 aliphatic rings. The lowest BCUT2D eigenvalue weighted by molar-refractivity contribution is 0.309. The Kier molecular flexibility index (Phi) is 5.22. The molecule has 0 atom stereocenters. The fourth-order valence-corrected chi connectivity index (χ4v) is 3.60. The van der Waals surface area contributed by atoms with Gasteiger partial charge in [-0.2, -0.15) is 0 Å². The summed E-state index contributed by atoms with van der Waals surface area (Å²) in [6.45, 7) is 6.49. The maximum atomic E-state index is 12.7. The highest BCUT2D eigenvalue weighted by molar-refractivity contribution is 5.88. The highest BCUT2D eigenvalue weighted by Gasteiger charge is 2.16. The van der Waals surface area contributed by atoms with Crippen molar-refractivity contribution in [2.45, 2.75) is 33.8 Å². The zero-order valence-electron chi connectivity index (χ0n) is 17.0. The van der Waals surface area contributed by atoms with Gasteiger partial charge in [0.25, 0.3) is 0 Å². The summed E-state index contributed by atoms with van der Waals surface area (Å²) in [6.07, 6.45) is 0.538. The zero-order chi connectivity index (χ0) is 20.4. The third-order valence-corrected chi connectivity index (χ3v) is 5.23. The summed E-state index contributed by atoms with van der Waals surface area (Å²) < 4.78 is 11.9. The first kappa shape index (κ1) is 19.0. The van der Waals surface area contributed by atoms with E-state index in [-0.39, 0.29) is 5.63 Å². The second-order valence-corrected chi connectivity index (χ2v) is 7.57. The van der Waals surface area contributed by atoms with E-state index in [1.165, 1.54) is 5.56 Å². The SMILES string of the molecule is Cc1ccc(COc2cc(C)cc3oc(=O)c(Cc4ccccc4)c(C)c23)cc1. The van der Waals surface area contributed by atoms with Gasteiger partial charge in [0, 0.05) is 12.0 Å². The molecule has 0 bridgehead atoms. The number of benzene rings is 3. The summed E-state index contributed by atoms with van der Waals surface area (Å²) in [6, 6.07) is 22.2. The third-order valence-electron chi connectivity index (χ3n) is 5.23. The van der Waals surface area contributed by atoms with Crippen LogP contribution in [0.3, 0.4) is 0 Å². The minimum Gasteiger partial charge on any atom is -0.488 e. The van der Waals surface area contributed by atoms with Crippen molar-refractivity contribution in [3.05, 3.63) is 111 Å². The van der Waals surface area contributed by atoms with Gasteiger partial charge in [-0.25, -0.2) is 4.79 Å². The number of rotatable bonds is 5. The van der Waals surface area contributed by atoms with Crippen LogP contribution < -0.4 is 10.4 Å². The molecule has 4 rings (SSSR count). The lowest BCUT2D eigenvalue weighted by Gasteiger charge is -2.14. The second kappa shape index (κ2) is 7.96. The Labute approximate surface area is 170 Å². The molecule has 0 saturated heterocycles. The van der Waals surface area contributed by atoms with E-state index >= 15 is 0 Å². The maximum Gasteiger partial charge on any atom is 0.340 e. The Morgan fingerprint density at radius 3 is 2.28 bits per heavy atom. The number of aryl methyl sites for hydroxylation is 3. The molecule has 1 aromatic heterocycles. The smallest absolute Gasteiger partial charge is 0.340 e. The molecule has 0 N–H and O–H groups in total. The summed E-state index contributed by atoms with van der Waals surface area (Å²) in [5.74, 6) is 0.746. The molecule has 3 nitrogen and oxygen atoms in total. The van der Waals surface area contributed by atoms with Gasteiger partial charge in [0.2, 0.25) is 0 Å². The normalized spacial score (nSPS) is 11.0. The van der Waals surface area contributed by atoms with Crippen molar-refractivity contribution < 1.29 is 9.15 Å². The van der Waals surface area contributed by atoms with Crippen molar-refractivity contribution in [1.82, 2.24) is 0 Å². The van der Waals surface area contributed by atoms with Crippen molar-refractivity contribution in [2.75, 3.05) is 0 Å². The van der Waals surface area contributed by atoms with Crippen LogP contribution in [0.4, 0.5) is 0 Å². The van der Waals surface area contributed by atoms with Crippen LogP contribution in [-0.2, 0) is 13.0 Å². The number of ether oxygens (including phenoxy) is 1. The lowest BCUT2D eigenvalue weighted by Crippen LogP contribution is -2.11. The Morgan fingerprint density at radius 2 is 1.55 bits per heavy atom. The van der Waals surface area contributed by atoms with E-state index in [1.54, 1.807) is 0 Å². The first-order chi connectivity index (χ1) is 14.0. The van der Waals surface area contributed by atoms with Gasteiger partial charge >= 0.3 is 5.63 Å². The predicted molar refractivity (Wildman–Crippen MR) is 117 cm³/mol. The number of fused-ring (bicyclic) bond motifs is 1. The molecule has 0 saturated carbocycles. The molecule has 0 radical (unpaired) electrons. The molecule has 1 heterocycles. The molecule has 0 unspecified atom stereocenters. The molecule has 146 valence electrons. The highest BCUT2D eigenvalue weighted by Crippen LogP contribution is 2.32. The Bertz CT molecular complexity index is 1200. The Morgan fingerprint density at radius 1 is 0.828 bits per heavy atom. The summed E-state index contributed by atoms with van der Waals surface area (Å²) in [5.41, 5.74) is 6.28. The van der Waals surface area contributed by atoms with Crippen LogP contribution in [-0.4, -0.2) is 0 Å². The van der Waals surface area contributed by atoms with E-state index < -0.39 is 0 Å². The number of hydrogen-bond donors (Lipinski definition) is 0. The van der Waals surface area contributed by atoms with Gasteiger partial charge in [-0.15, -0.1) is 0 Å². The average molecular weight is 384 g/mol. The topological polar surface area (TPSA) is 39.4 Å². The van der Waals surface area contributed by atoms with Crippen molar-refractivity contribution >= 4 is 11.0 Å². The van der Waals surface area contributed by atoms with Gasteiger partial charge in [-0.3, -0.25) is 0 Å². The minimum absolute atomic E-state index is 0.283. The molecule has 0 amide bonds. The molecule has 0 aliphatic heterocycles. The largest absolute Gasteiger partial charge is 0.488 e. The Balaban J connectivity index is 1.76. The molecule has 4 aromatic rings. The van der Waals surface area contributed by atoms with Gasteiger partial charge in [-0.05, 0) is 55.2 Å². The van der Waals surface area contributed by atoms with E-state index in [4.69, 9.17) is 9.15 Å². The molecular weight excluding hydrogens is 360 g/mol. The van der Waals surface area contributed by atoms with Gasteiger partial charge in [0.15, 0.2) is 0 Å². The molecule has 0 fully saturated rings. The van der Waals surface area contributed by atoms with Crippen LogP contribution in [0.15, 0.2) is 75.9 Å². The fourth-order valence-electron chi connectivity index (χ4n) is 3.60. The average Bonchev–Trinajstić information content (AvgIpc) is 2.71. The number of hydrogen-bond acceptors (Lipinski definition) is 3. The van der Waals surface area contributed by atoms with Crippen LogP contribution in [0.5, 0.6) is 5.75 Å². The first-order valence-corrected chi connectivity index (χ1v) is 9.80. The van der Waals surface area contributed by atoms with Crippen LogP contribution >= 0.6 is 0 Å². The summed E-state index contributed by atoms with van der Waals surface area (Å²) >= 11 is 0. The molecule has 3 heteroatoms. The molecule has 3 aromatic carbocycles. The van der Waals surface area contributed by atoms with Crippen molar-refractivity contribution in [1.29, 1.82) is 0 Å². The molecule has 0 aliphatic carbocycles. The van der Waals surface area contributed by atoms with E-state index in [9.17, 15) is 4.79 Å². The van der Waals surface area contributed by atoms with Crippen LogP contribution in [0, 0.1) is 20.8 Å². The standard InChI is InChI=1S/C26H24O3/c1-17-9-11-21(12-10-17)16-28-23-13-18(2)14-24-25(23)19(3)22(26(27)29-24)15-20-7-5-4-6-8-20/h4-14H,15-16H2,1-3H3. The summed E-state index contributed by atoms with van der Waals surface area (Å²) in [7, 11) is 0. The third kappa shape index (κ3) is 4.09. The quantitative estimate of drug-likeness (QED) is 0.403. The predicted octanol–water partition coefficient (Wildman–Crippen LogP) is 5.89. The van der Waals surface area contributed by atoms with E-state index in [0.717, 1.165) is 33.4 Å². The minimum atomic E-state index is -0.283. The Hall–Kier alpha value is -3.33. The van der Waals surface area contributed by atoms with E-state index in [0.29, 0.717) is 24.2 Å². The van der Waals surface area contributed by atoms with Crippen LogP contribution in [0.25, 0.3) is 11.0 Å². The van der Waals surface area contributed by atoms with Gasteiger partial charge in [-0.1, -0.05) is 60.2 Å². The first-order valence-electron chi connectivity index (χ1n) is 9.80. The fraction of sp³-hybridized carbons (Fsp3) is 0.192. The van der Waals surface area contributed by atoms with Crippen LogP contribution in [0.2, 0.25) is 0 Å². The zero-order valence-corrected chi connectivity index (χ0v) is 17.0. The highest BCUT2D eigenvalue weighted by atomic mass is 16.5. The molecular formula is C26H24O3. The van der Waals surface area contributed by atoms with Crippen molar-refractivity contribution in [2.24, 2.45) is 0 Å². The van der Waals surface area contributed by atoms with E-state index in [1.807, 2.05) is 56.3 Å². The monoisotopic (exact) mass is 384 g/mol. The van der Waals surface area contributed by atoms with Gasteiger partial charge in [0.1, 0.15) is 17.9 Å². The van der Waals surface area contributed by atoms with Crippen molar-refractivity contribution in [3.63, 3.8) is 0 Å². The van der Waals surface area contributed by atoms with Crippen LogP contribution in [0.1, 0.15) is 33.4 Å². The van der Waals surface area contributed by atoms with Crippen molar-refractivity contribution in [3.8, 4) is 5.75 Å². The maximum absolute atomic E-state index is 12.7. The summed E-state index contributed by atoms with van der Waals surface area (Å²) in [5, 5.41) is 0.869. The summed E-state index contributed by atoms with van der Waals surface area (Å²) in [4.78, 5) is 12.7. The lowest BCUT2D eigenvalue weighted by atomic mass is 9.98. The van der Waals surface area contributed by atoms with Gasteiger partial charge < -0.3 is 9.15 Å². The second-order valence-electron chi connectivity index (χ2n) is 7.57. The van der Waals surface area contributed by atoms with E-state index in [2.05, 4.69) is 31.2 Å². The molecule has 0 spiro atoms.